The normalized spacial score (nSPS) is 15.0. The van der Waals surface area contributed by atoms with Gasteiger partial charge in [0, 0.05) is 81.5 Å². The van der Waals surface area contributed by atoms with Crippen molar-refractivity contribution in [2.45, 2.75) is 103 Å². The Balaban J connectivity index is 0.000000195. The van der Waals surface area contributed by atoms with Crippen LogP contribution in [0.5, 0.6) is 11.5 Å². The Labute approximate surface area is 572 Å². The number of benzene rings is 8. The third kappa shape index (κ3) is 15.1. The standard InChI is InChI=1S/C40H44Cl2N4O4Si.C34H30Cl2N4O4/c1-40(2,3)51(5,6)50-21-9-20-45-36-23-28(14-18-33(36)44-39(45)48)37-31-24-29(41)15-19-35(31)46(25-26-12-16-30(49-4)17-13-26)38(47)34(43-37)22-27-10-7-8-11-32(27)42;1-44-25-11-7-21(8-12-25)20-40-30-14-10-24(35)19-26(30)32(37-29(33(40)42)17-22-5-2-3-6-27(22)36)23-9-13-28-31(18-23)39(15-4-16-41)34(43)38-28/h7-8,10-19,23-24,34H,9,20-22,25H2,1-6H3,(H,44,48);2-3,5-14,18-19,29,41H,4,15-17,20H2,1H3,(H,38,43)/t34-;29-/m00/s1. The van der Waals surface area contributed by atoms with Crippen LogP contribution in [0, 0.1) is 0 Å². The number of H-pyrrole nitrogens is 2. The van der Waals surface area contributed by atoms with E-state index in [1.54, 1.807) is 51.4 Å². The maximum atomic E-state index is 14.6. The number of hydrogen-bond acceptors (Lipinski definition) is 10. The number of ether oxygens (including phenoxy) is 2. The summed E-state index contributed by atoms with van der Waals surface area (Å²) in [7, 11) is 1.32. The molecule has 21 heteroatoms. The minimum atomic E-state index is -1.92. The number of imidazole rings is 2. The molecule has 0 fully saturated rings. The Bertz CT molecular complexity index is 4670. The van der Waals surface area contributed by atoms with Crippen molar-refractivity contribution in [3.05, 3.63) is 255 Å². The van der Waals surface area contributed by atoms with E-state index in [2.05, 4.69) is 43.8 Å². The zero-order valence-corrected chi connectivity index (χ0v) is 57.9. The van der Waals surface area contributed by atoms with Crippen LogP contribution in [0.2, 0.25) is 38.2 Å². The fourth-order valence-corrected chi connectivity index (χ4v) is 13.5. The molecule has 0 bridgehead atoms. The van der Waals surface area contributed by atoms with Crippen LogP contribution < -0.4 is 30.7 Å². The minimum absolute atomic E-state index is 0.0345. The first-order valence-electron chi connectivity index (χ1n) is 31.4. The molecule has 2 aliphatic heterocycles. The molecule has 0 aliphatic carbocycles. The molecule has 2 aromatic heterocycles. The largest absolute Gasteiger partial charge is 0.497 e. The summed E-state index contributed by atoms with van der Waals surface area (Å²) in [6, 6.07) is 51.0. The first kappa shape index (κ1) is 67.9. The van der Waals surface area contributed by atoms with E-state index < -0.39 is 20.4 Å². The van der Waals surface area contributed by atoms with E-state index in [0.29, 0.717) is 112 Å². The first-order valence-corrected chi connectivity index (χ1v) is 35.9. The highest BCUT2D eigenvalue weighted by Gasteiger charge is 2.38. The van der Waals surface area contributed by atoms with E-state index in [9.17, 15) is 24.3 Å². The summed E-state index contributed by atoms with van der Waals surface area (Å²) in [4.78, 5) is 74.7. The van der Waals surface area contributed by atoms with Crippen molar-refractivity contribution >= 4 is 111 Å². The summed E-state index contributed by atoms with van der Waals surface area (Å²) in [6.07, 6.45) is 1.72. The van der Waals surface area contributed by atoms with Gasteiger partial charge in [-0.3, -0.25) is 28.7 Å². The quantitative estimate of drug-likeness (QED) is 0.0496. The van der Waals surface area contributed by atoms with Crippen molar-refractivity contribution in [1.29, 1.82) is 0 Å². The number of aliphatic imine (C=N–C) groups is 2. The van der Waals surface area contributed by atoms with Gasteiger partial charge in [0.25, 0.3) is 11.8 Å². The van der Waals surface area contributed by atoms with Crippen molar-refractivity contribution in [2.24, 2.45) is 9.98 Å². The van der Waals surface area contributed by atoms with Crippen LogP contribution in [0.15, 0.2) is 189 Å². The lowest BCUT2D eigenvalue weighted by Gasteiger charge is -2.36. The summed E-state index contributed by atoms with van der Waals surface area (Å²) in [5, 5.41) is 11.7. The van der Waals surface area contributed by atoms with Gasteiger partial charge in [-0.15, -0.1) is 0 Å². The van der Waals surface area contributed by atoms with Gasteiger partial charge in [0.05, 0.1) is 72.2 Å². The van der Waals surface area contributed by atoms with Crippen molar-refractivity contribution < 1.29 is 28.6 Å². The molecule has 8 aromatic carbocycles. The number of halogens is 4. The lowest BCUT2D eigenvalue weighted by Crippen LogP contribution is -2.41. The van der Waals surface area contributed by atoms with Crippen molar-refractivity contribution in [3.63, 3.8) is 0 Å². The second-order valence-electron chi connectivity index (χ2n) is 25.1. The molecular formula is C74H74Cl4N8O8Si. The molecular weight excluding hydrogens is 1300 g/mol. The maximum absolute atomic E-state index is 14.6. The number of aliphatic hydroxyl groups is 1. The van der Waals surface area contributed by atoms with Gasteiger partial charge in [-0.1, -0.05) is 140 Å². The van der Waals surface area contributed by atoms with E-state index in [1.165, 1.54) is 0 Å². The van der Waals surface area contributed by atoms with Gasteiger partial charge in [0.1, 0.15) is 23.6 Å². The zero-order valence-electron chi connectivity index (χ0n) is 53.9. The summed E-state index contributed by atoms with van der Waals surface area (Å²) in [6.45, 7) is 13.1. The molecule has 0 spiro atoms. The molecule has 95 heavy (non-hydrogen) atoms. The summed E-state index contributed by atoms with van der Waals surface area (Å²) < 4.78 is 20.5. The number of aromatic nitrogens is 4. The molecule has 0 unspecified atom stereocenters. The molecule has 10 aromatic rings. The molecule has 2 atom stereocenters. The van der Waals surface area contributed by atoms with Crippen molar-refractivity contribution in [1.82, 2.24) is 19.1 Å². The van der Waals surface area contributed by atoms with Crippen molar-refractivity contribution in [2.75, 3.05) is 37.2 Å². The SMILES string of the molecule is COc1ccc(CN2C(=O)[C@H](Cc3ccccc3Cl)N=C(c3ccc4[nH]c(=O)n(CCCO)c4c3)c3cc(Cl)ccc32)cc1.COc1ccc(CN2C(=O)[C@H](Cc3ccccc3Cl)N=C(c3ccc4[nH]c(=O)n(CCCO[Si](C)(C)C(C)(C)C)c4c3)c3cc(Cl)ccc32)cc1. The number of nitrogens with zero attached hydrogens (tertiary/aromatic N) is 6. The number of aryl methyl sites for hydroxylation is 2. The van der Waals surface area contributed by atoms with Gasteiger partial charge in [0.2, 0.25) is 0 Å². The Kier molecular flexibility index (Phi) is 20.9. The molecule has 0 radical (unpaired) electrons. The molecule has 2 aliphatic rings. The fourth-order valence-electron chi connectivity index (χ4n) is 11.7. The van der Waals surface area contributed by atoms with Crippen LogP contribution in [0.1, 0.15) is 78.1 Å². The Hall–Kier alpha value is -8.52. The second kappa shape index (κ2) is 29.2. The third-order valence-electron chi connectivity index (χ3n) is 17.9. The predicted molar refractivity (Wildman–Crippen MR) is 385 cm³/mol. The molecule has 16 nitrogen and oxygen atoms in total. The Morgan fingerprint density at radius 1 is 0.537 bits per heavy atom. The third-order valence-corrected chi connectivity index (χ3v) is 23.6. The topological polar surface area (TPSA) is 189 Å². The average molecular weight is 1370 g/mol. The van der Waals surface area contributed by atoms with Crippen LogP contribution >= 0.6 is 46.4 Å². The predicted octanol–water partition coefficient (Wildman–Crippen LogP) is 15.1. The monoisotopic (exact) mass is 1370 g/mol. The van der Waals surface area contributed by atoms with Gasteiger partial charge in [-0.25, -0.2) is 9.59 Å². The van der Waals surface area contributed by atoms with Gasteiger partial charge in [-0.2, -0.15) is 0 Å². The number of rotatable bonds is 20. The fraction of sp³-hybridized carbons (Fsp3) is 0.270. The molecule has 490 valence electrons. The maximum Gasteiger partial charge on any atom is 0.326 e. The van der Waals surface area contributed by atoms with E-state index in [4.69, 9.17) is 70.3 Å². The summed E-state index contributed by atoms with van der Waals surface area (Å²) >= 11 is 26.4. The van der Waals surface area contributed by atoms with Crippen LogP contribution in [-0.4, -0.2) is 95.3 Å². The number of aromatic amines is 2. The average Bonchev–Trinajstić information content (AvgIpc) is 1.65. The van der Waals surface area contributed by atoms with Crippen LogP contribution in [0.3, 0.4) is 0 Å². The summed E-state index contributed by atoms with van der Waals surface area (Å²) in [5.74, 6) is 1.12. The molecule has 0 saturated heterocycles. The molecule has 0 saturated carbocycles. The van der Waals surface area contributed by atoms with Crippen LogP contribution in [-0.2, 0) is 53.0 Å². The Morgan fingerprint density at radius 2 is 0.958 bits per heavy atom. The smallest absolute Gasteiger partial charge is 0.326 e. The van der Waals surface area contributed by atoms with E-state index in [0.717, 1.165) is 61.5 Å². The van der Waals surface area contributed by atoms with Gasteiger partial charge in [-0.05, 0) is 150 Å². The number of nitrogens with one attached hydrogen (secondary N) is 2. The van der Waals surface area contributed by atoms with Gasteiger partial charge >= 0.3 is 11.4 Å². The number of carbonyl (C=O) groups excluding carboxylic acids is 2. The number of amides is 2. The molecule has 12 rings (SSSR count). The van der Waals surface area contributed by atoms with Crippen molar-refractivity contribution in [3.8, 4) is 11.5 Å². The number of anilines is 2. The lowest BCUT2D eigenvalue weighted by molar-refractivity contribution is -0.120. The number of aliphatic hydroxyl groups excluding tert-OH is 1. The molecule has 4 heterocycles. The highest BCUT2D eigenvalue weighted by molar-refractivity contribution is 6.74. The highest BCUT2D eigenvalue weighted by atomic mass is 35.5. The summed E-state index contributed by atoms with van der Waals surface area (Å²) in [5.41, 5.74) is 11.3. The highest BCUT2D eigenvalue weighted by Crippen LogP contribution is 2.39. The van der Waals surface area contributed by atoms with Crippen LogP contribution in [0.4, 0.5) is 11.4 Å². The zero-order chi connectivity index (χ0) is 67.3. The number of benzodiazepines with no additional fused rings is 2. The van der Waals surface area contributed by atoms with E-state index in [1.807, 2.05) is 152 Å². The first-order chi connectivity index (χ1) is 45.6. The number of fused-ring (bicyclic) bond motifs is 4. The number of methoxy groups -OCH3 is 2. The van der Waals surface area contributed by atoms with E-state index in [-0.39, 0.29) is 41.3 Å². The molecule has 2 amide bonds. The second-order valence-corrected chi connectivity index (χ2v) is 31.6. The van der Waals surface area contributed by atoms with Crippen LogP contribution in [0.25, 0.3) is 22.1 Å². The van der Waals surface area contributed by atoms with E-state index >= 15 is 0 Å². The molecule has 3 N–H and O–H groups in total. The number of carbonyl (C=O) groups is 2. The Morgan fingerprint density at radius 3 is 1.36 bits per heavy atom. The minimum Gasteiger partial charge on any atom is -0.497 e. The van der Waals surface area contributed by atoms with Gasteiger partial charge < -0.3 is 38.8 Å². The number of hydrogen-bond donors (Lipinski definition) is 3. The lowest BCUT2D eigenvalue weighted by atomic mass is 9.99. The van der Waals surface area contributed by atoms with Gasteiger partial charge in [0.15, 0.2) is 8.32 Å².